The zero-order valence-corrected chi connectivity index (χ0v) is 11.0. The summed E-state index contributed by atoms with van der Waals surface area (Å²) < 4.78 is 0. The molecule has 0 saturated carbocycles. The third-order valence-corrected chi connectivity index (χ3v) is 2.61. The van der Waals surface area contributed by atoms with E-state index in [0.717, 1.165) is 6.42 Å². The van der Waals surface area contributed by atoms with Crippen molar-refractivity contribution in [3.63, 3.8) is 0 Å². The Bertz CT molecular complexity index is 186. The maximum absolute atomic E-state index is 3.69. The monoisotopic (exact) mass is 220 g/mol. The molecular weight excluding hydrogens is 192 g/mol. The summed E-state index contributed by atoms with van der Waals surface area (Å²) in [4.78, 5) is 0. The zero-order chi connectivity index (χ0) is 11.9. The summed E-state index contributed by atoms with van der Waals surface area (Å²) in [6, 6.07) is 0. The molecule has 0 aromatic heterocycles. The van der Waals surface area contributed by atoms with Crippen LogP contribution in [0.15, 0.2) is 37.0 Å². The first-order valence-corrected chi connectivity index (χ1v) is 6.82. The number of allylic oxidation sites excluding steroid dienone is 5. The Morgan fingerprint density at radius 2 is 1.31 bits per heavy atom. The molecule has 0 heteroatoms. The minimum Gasteiger partial charge on any atom is -0.103 e. The molecule has 0 saturated heterocycles. The summed E-state index contributed by atoms with van der Waals surface area (Å²) in [6.07, 6.45) is 22.6. The van der Waals surface area contributed by atoms with E-state index in [1.165, 1.54) is 51.4 Å². The highest BCUT2D eigenvalue weighted by atomic mass is 13.9. The first-order valence-electron chi connectivity index (χ1n) is 6.82. The molecule has 0 aliphatic carbocycles. The Morgan fingerprint density at radius 1 is 0.750 bits per heavy atom. The van der Waals surface area contributed by atoms with Crippen LogP contribution < -0.4 is 0 Å². The van der Waals surface area contributed by atoms with Crippen LogP contribution in [0, 0.1) is 0 Å². The lowest BCUT2D eigenvalue weighted by molar-refractivity contribution is 0.621. The van der Waals surface area contributed by atoms with Crippen LogP contribution in [-0.2, 0) is 0 Å². The van der Waals surface area contributed by atoms with Crippen molar-refractivity contribution >= 4 is 0 Å². The molecule has 0 N–H and O–H groups in total. The molecule has 0 bridgehead atoms. The second kappa shape index (κ2) is 14.2. The predicted molar refractivity (Wildman–Crippen MR) is 75.7 cm³/mol. The van der Waals surface area contributed by atoms with Gasteiger partial charge in [0.05, 0.1) is 0 Å². The van der Waals surface area contributed by atoms with Gasteiger partial charge in [0.1, 0.15) is 0 Å². The maximum Gasteiger partial charge on any atom is -0.0172 e. The van der Waals surface area contributed by atoms with Crippen LogP contribution in [0.2, 0.25) is 0 Å². The fraction of sp³-hybridized carbons (Fsp3) is 0.625. The van der Waals surface area contributed by atoms with E-state index in [2.05, 4.69) is 37.8 Å². The van der Waals surface area contributed by atoms with E-state index in [1.54, 1.807) is 0 Å². The van der Waals surface area contributed by atoms with Gasteiger partial charge in [-0.2, -0.15) is 0 Å². The highest BCUT2D eigenvalue weighted by Gasteiger charge is 1.88. The lowest BCUT2D eigenvalue weighted by Crippen LogP contribution is -1.78. The van der Waals surface area contributed by atoms with Gasteiger partial charge in [0.2, 0.25) is 0 Å². The van der Waals surface area contributed by atoms with Gasteiger partial charge in [0, 0.05) is 0 Å². The standard InChI is InChI=1S/C16H28/c1-3-5-7-9-11-13-15-16-14-12-10-8-6-4-2/h3,6-9H,1,4-5,10-16H2,2H3. The van der Waals surface area contributed by atoms with Gasteiger partial charge in [-0.05, 0) is 38.5 Å². The highest BCUT2D eigenvalue weighted by Crippen LogP contribution is 2.08. The lowest BCUT2D eigenvalue weighted by Gasteiger charge is -1.98. The fourth-order valence-electron chi connectivity index (χ4n) is 1.65. The Hall–Kier alpha value is -0.780. The molecule has 0 atom stereocenters. The van der Waals surface area contributed by atoms with Gasteiger partial charge in [-0.3, -0.25) is 0 Å². The van der Waals surface area contributed by atoms with Crippen LogP contribution in [0.3, 0.4) is 0 Å². The van der Waals surface area contributed by atoms with Gasteiger partial charge < -0.3 is 0 Å². The SMILES string of the molecule is C=CCC=CCCCCCCCC=CCC. The molecule has 0 nitrogen and oxygen atoms in total. The van der Waals surface area contributed by atoms with Gasteiger partial charge >= 0.3 is 0 Å². The summed E-state index contributed by atoms with van der Waals surface area (Å²) in [5, 5.41) is 0. The molecule has 0 amide bonds. The van der Waals surface area contributed by atoms with E-state index in [1.807, 2.05) is 6.08 Å². The van der Waals surface area contributed by atoms with Gasteiger partial charge in [0.25, 0.3) is 0 Å². The lowest BCUT2D eigenvalue weighted by atomic mass is 10.1. The topological polar surface area (TPSA) is 0 Å². The van der Waals surface area contributed by atoms with Crippen LogP contribution in [0.4, 0.5) is 0 Å². The van der Waals surface area contributed by atoms with Crippen molar-refractivity contribution in [2.75, 3.05) is 0 Å². The molecular formula is C16H28. The van der Waals surface area contributed by atoms with E-state index < -0.39 is 0 Å². The summed E-state index contributed by atoms with van der Waals surface area (Å²) in [6.45, 7) is 5.88. The van der Waals surface area contributed by atoms with Crippen LogP contribution in [0.1, 0.15) is 64.7 Å². The molecule has 0 aromatic rings. The minimum atomic E-state index is 1.02. The zero-order valence-electron chi connectivity index (χ0n) is 11.0. The van der Waals surface area contributed by atoms with Gasteiger partial charge in [0.15, 0.2) is 0 Å². The molecule has 0 unspecified atom stereocenters. The van der Waals surface area contributed by atoms with Crippen molar-refractivity contribution in [1.82, 2.24) is 0 Å². The van der Waals surface area contributed by atoms with Gasteiger partial charge in [-0.25, -0.2) is 0 Å². The molecule has 0 heterocycles. The van der Waals surface area contributed by atoms with Crippen molar-refractivity contribution in [3.8, 4) is 0 Å². The molecule has 0 aliphatic rings. The van der Waals surface area contributed by atoms with Crippen LogP contribution in [-0.4, -0.2) is 0 Å². The van der Waals surface area contributed by atoms with E-state index >= 15 is 0 Å². The van der Waals surface area contributed by atoms with Crippen LogP contribution in [0.25, 0.3) is 0 Å². The second-order valence-electron chi connectivity index (χ2n) is 4.22. The number of hydrogen-bond acceptors (Lipinski definition) is 0. The third kappa shape index (κ3) is 13.2. The molecule has 92 valence electrons. The molecule has 0 aromatic carbocycles. The smallest absolute Gasteiger partial charge is 0.0172 e. The summed E-state index contributed by atoms with van der Waals surface area (Å²) >= 11 is 0. The molecule has 0 fully saturated rings. The van der Waals surface area contributed by atoms with Crippen molar-refractivity contribution in [2.45, 2.75) is 64.7 Å². The highest BCUT2D eigenvalue weighted by molar-refractivity contribution is 4.88. The molecule has 0 spiro atoms. The molecule has 0 rings (SSSR count). The Morgan fingerprint density at radius 3 is 1.88 bits per heavy atom. The molecule has 0 radical (unpaired) electrons. The predicted octanol–water partition coefficient (Wildman–Crippen LogP) is 5.82. The fourth-order valence-corrected chi connectivity index (χ4v) is 1.65. The van der Waals surface area contributed by atoms with Gasteiger partial charge in [-0.1, -0.05) is 56.6 Å². The average Bonchev–Trinajstić information content (AvgIpc) is 2.31. The maximum atomic E-state index is 3.69. The van der Waals surface area contributed by atoms with E-state index in [-0.39, 0.29) is 0 Å². The largest absolute Gasteiger partial charge is 0.103 e. The van der Waals surface area contributed by atoms with Crippen molar-refractivity contribution in [3.05, 3.63) is 37.0 Å². The van der Waals surface area contributed by atoms with Crippen LogP contribution >= 0.6 is 0 Å². The average molecular weight is 220 g/mol. The third-order valence-electron chi connectivity index (χ3n) is 2.61. The summed E-state index contributed by atoms with van der Waals surface area (Å²) in [5.41, 5.74) is 0. The van der Waals surface area contributed by atoms with Crippen LogP contribution in [0.5, 0.6) is 0 Å². The Labute approximate surface area is 102 Å². The summed E-state index contributed by atoms with van der Waals surface area (Å²) in [5.74, 6) is 0. The van der Waals surface area contributed by atoms with Gasteiger partial charge in [-0.15, -0.1) is 6.58 Å². The van der Waals surface area contributed by atoms with Crippen molar-refractivity contribution < 1.29 is 0 Å². The number of unbranched alkanes of at least 4 members (excludes halogenated alkanes) is 6. The quantitative estimate of drug-likeness (QED) is 0.304. The molecule has 0 aliphatic heterocycles. The Balaban J connectivity index is 3.03. The molecule has 16 heavy (non-hydrogen) atoms. The van der Waals surface area contributed by atoms with E-state index in [0.29, 0.717) is 0 Å². The second-order valence-corrected chi connectivity index (χ2v) is 4.22. The van der Waals surface area contributed by atoms with Crippen molar-refractivity contribution in [2.24, 2.45) is 0 Å². The number of rotatable bonds is 11. The normalized spacial score (nSPS) is 11.6. The van der Waals surface area contributed by atoms with E-state index in [9.17, 15) is 0 Å². The summed E-state index contributed by atoms with van der Waals surface area (Å²) in [7, 11) is 0. The number of hydrogen-bond donors (Lipinski definition) is 0. The van der Waals surface area contributed by atoms with E-state index in [4.69, 9.17) is 0 Å². The Kier molecular flexibility index (Phi) is 13.5. The first-order chi connectivity index (χ1) is 7.91. The van der Waals surface area contributed by atoms with Crippen molar-refractivity contribution in [1.29, 1.82) is 0 Å². The minimum absolute atomic E-state index is 1.02. The first kappa shape index (κ1) is 15.2.